The minimum atomic E-state index is -3.69. The van der Waals surface area contributed by atoms with E-state index in [9.17, 15) is 4.39 Å². The molecule has 1 saturated heterocycles. The van der Waals surface area contributed by atoms with E-state index in [-0.39, 0.29) is 0 Å². The quantitative estimate of drug-likeness (QED) is 0.278. The van der Waals surface area contributed by atoms with Crippen LogP contribution in [0.5, 0.6) is 0 Å². The Hall–Kier alpha value is -0.310. The van der Waals surface area contributed by atoms with Gasteiger partial charge in [0.25, 0.3) is 0 Å². The second-order valence-electron chi connectivity index (χ2n) is 2.57. The summed E-state index contributed by atoms with van der Waals surface area (Å²) >= 11 is 0. The summed E-state index contributed by atoms with van der Waals surface area (Å²) in [5, 5.41) is 43.1. The summed E-state index contributed by atoms with van der Waals surface area (Å²) in [6.07, 6.45) is -3.76. The lowest BCUT2D eigenvalue weighted by molar-refractivity contribution is -0.415. The molecular weight excluding hydrogens is 175 g/mol. The van der Waals surface area contributed by atoms with Gasteiger partial charge in [-0.3, -0.25) is 0 Å². The summed E-state index contributed by atoms with van der Waals surface area (Å²) in [4.78, 5) is 0. The molecule has 0 bridgehead atoms. The van der Waals surface area contributed by atoms with Crippen molar-refractivity contribution in [3.05, 3.63) is 0 Å². The molecule has 3 atom stereocenters. The van der Waals surface area contributed by atoms with E-state index in [0.717, 1.165) is 0 Å². The van der Waals surface area contributed by atoms with E-state index in [1.165, 1.54) is 0 Å². The Labute approximate surface area is 66.4 Å². The van der Waals surface area contributed by atoms with E-state index >= 15 is 0 Å². The fourth-order valence-corrected chi connectivity index (χ4v) is 0.934. The maximum absolute atomic E-state index is 12.8. The summed E-state index contributed by atoms with van der Waals surface area (Å²) in [5.41, 5.74) is 0. The molecule has 1 heterocycles. The standard InChI is InChI=1S/C5H9FO6/c6-4(9)3(8)2(1-7)12-5(4,10)11/h2-3,7-11H,1H2/t2-,3-,4-/m1/s1. The molecule has 0 aliphatic carbocycles. The molecule has 1 rings (SSSR count). The van der Waals surface area contributed by atoms with Crippen LogP contribution in [-0.4, -0.2) is 56.2 Å². The highest BCUT2D eigenvalue weighted by atomic mass is 19.2. The van der Waals surface area contributed by atoms with Crippen LogP contribution in [0.4, 0.5) is 4.39 Å². The Kier molecular flexibility index (Phi) is 2.11. The average Bonchev–Trinajstić information content (AvgIpc) is 2.11. The third-order valence-electron chi connectivity index (χ3n) is 1.70. The number of ether oxygens (including phenoxy) is 1. The summed E-state index contributed by atoms with van der Waals surface area (Å²) in [6, 6.07) is 0. The molecule has 0 aromatic heterocycles. The number of hydrogen-bond donors (Lipinski definition) is 5. The minimum absolute atomic E-state index is 0.837. The largest absolute Gasteiger partial charge is 0.394 e. The normalized spacial score (nSPS) is 46.5. The predicted molar refractivity (Wildman–Crippen MR) is 31.2 cm³/mol. The highest BCUT2D eigenvalue weighted by molar-refractivity contribution is 4.95. The molecule has 0 aromatic carbocycles. The molecule has 0 radical (unpaired) electrons. The fourth-order valence-electron chi connectivity index (χ4n) is 0.934. The number of alkyl halides is 1. The zero-order chi connectivity index (χ0) is 9.57. The van der Waals surface area contributed by atoms with Crippen molar-refractivity contribution < 1.29 is 34.7 Å². The van der Waals surface area contributed by atoms with Crippen molar-refractivity contribution in [2.75, 3.05) is 6.61 Å². The highest BCUT2D eigenvalue weighted by Crippen LogP contribution is 2.37. The van der Waals surface area contributed by atoms with Crippen molar-refractivity contribution in [3.8, 4) is 0 Å². The molecule has 5 N–H and O–H groups in total. The van der Waals surface area contributed by atoms with E-state index in [4.69, 9.17) is 25.5 Å². The van der Waals surface area contributed by atoms with Gasteiger partial charge in [0.05, 0.1) is 6.61 Å². The summed E-state index contributed by atoms with van der Waals surface area (Å²) in [6.45, 7) is -0.837. The van der Waals surface area contributed by atoms with Crippen molar-refractivity contribution in [2.24, 2.45) is 0 Å². The van der Waals surface area contributed by atoms with Gasteiger partial charge in [0.2, 0.25) is 0 Å². The predicted octanol–water partition coefficient (Wildman–Crippen LogP) is -2.97. The van der Waals surface area contributed by atoms with Gasteiger partial charge in [0.1, 0.15) is 12.2 Å². The highest BCUT2D eigenvalue weighted by Gasteiger charge is 2.66. The van der Waals surface area contributed by atoms with Gasteiger partial charge < -0.3 is 30.3 Å². The van der Waals surface area contributed by atoms with E-state index in [2.05, 4.69) is 4.74 Å². The van der Waals surface area contributed by atoms with E-state index in [1.54, 1.807) is 0 Å². The molecule has 0 unspecified atom stereocenters. The van der Waals surface area contributed by atoms with Crippen LogP contribution in [0.25, 0.3) is 0 Å². The average molecular weight is 184 g/mol. The Morgan fingerprint density at radius 3 is 2.00 bits per heavy atom. The van der Waals surface area contributed by atoms with Gasteiger partial charge in [-0.1, -0.05) is 0 Å². The Morgan fingerprint density at radius 2 is 1.83 bits per heavy atom. The van der Waals surface area contributed by atoms with Crippen LogP contribution in [0.1, 0.15) is 0 Å². The van der Waals surface area contributed by atoms with Crippen molar-refractivity contribution in [3.63, 3.8) is 0 Å². The summed E-state index contributed by atoms with van der Waals surface area (Å²) in [5.74, 6) is -7.18. The van der Waals surface area contributed by atoms with E-state index < -0.39 is 30.6 Å². The lowest BCUT2D eigenvalue weighted by atomic mass is 10.1. The maximum atomic E-state index is 12.8. The van der Waals surface area contributed by atoms with Crippen LogP contribution in [0.3, 0.4) is 0 Å². The van der Waals surface area contributed by atoms with Gasteiger partial charge in [0.15, 0.2) is 0 Å². The lowest BCUT2D eigenvalue weighted by Crippen LogP contribution is -2.53. The zero-order valence-electron chi connectivity index (χ0n) is 5.88. The summed E-state index contributed by atoms with van der Waals surface area (Å²) < 4.78 is 16.8. The van der Waals surface area contributed by atoms with Crippen LogP contribution in [-0.2, 0) is 4.74 Å². The van der Waals surface area contributed by atoms with E-state index in [0.29, 0.717) is 0 Å². The first-order valence-corrected chi connectivity index (χ1v) is 3.15. The Balaban J connectivity index is 2.88. The summed E-state index contributed by atoms with van der Waals surface area (Å²) in [7, 11) is 0. The topological polar surface area (TPSA) is 110 Å². The molecule has 1 aliphatic rings. The van der Waals surface area contributed by atoms with Crippen LogP contribution in [0, 0.1) is 0 Å². The third kappa shape index (κ3) is 1.11. The smallest absolute Gasteiger partial charge is 0.343 e. The van der Waals surface area contributed by atoms with Crippen LogP contribution >= 0.6 is 0 Å². The van der Waals surface area contributed by atoms with Gasteiger partial charge in [-0.15, -0.1) is 0 Å². The molecule has 6 nitrogen and oxygen atoms in total. The first-order valence-electron chi connectivity index (χ1n) is 3.15. The molecule has 1 fully saturated rings. The van der Waals surface area contributed by atoms with Gasteiger partial charge in [-0.05, 0) is 0 Å². The minimum Gasteiger partial charge on any atom is -0.394 e. The molecule has 1 aliphatic heterocycles. The molecular formula is C5H9FO6. The van der Waals surface area contributed by atoms with Crippen molar-refractivity contribution in [1.82, 2.24) is 0 Å². The van der Waals surface area contributed by atoms with Crippen LogP contribution in [0.15, 0.2) is 0 Å². The molecule has 0 saturated carbocycles. The van der Waals surface area contributed by atoms with Gasteiger partial charge in [0, 0.05) is 0 Å². The third-order valence-corrected chi connectivity index (χ3v) is 1.70. The molecule has 72 valence electrons. The first-order chi connectivity index (χ1) is 5.33. The maximum Gasteiger partial charge on any atom is 0.343 e. The van der Waals surface area contributed by atoms with Crippen LogP contribution < -0.4 is 0 Å². The second kappa shape index (κ2) is 2.59. The monoisotopic (exact) mass is 184 g/mol. The first kappa shape index (κ1) is 9.78. The lowest BCUT2D eigenvalue weighted by Gasteiger charge is -2.24. The molecule has 0 spiro atoms. The molecule has 12 heavy (non-hydrogen) atoms. The van der Waals surface area contributed by atoms with Gasteiger partial charge in [-0.25, -0.2) is 4.39 Å². The molecule has 0 amide bonds. The number of halogens is 1. The zero-order valence-corrected chi connectivity index (χ0v) is 5.88. The fraction of sp³-hybridized carbons (Fsp3) is 1.00. The number of rotatable bonds is 1. The number of aliphatic hydroxyl groups is 5. The molecule has 7 heteroatoms. The van der Waals surface area contributed by atoms with Crippen LogP contribution in [0.2, 0.25) is 0 Å². The van der Waals surface area contributed by atoms with Gasteiger partial charge in [-0.2, -0.15) is 0 Å². The van der Waals surface area contributed by atoms with Crippen molar-refractivity contribution in [2.45, 2.75) is 24.0 Å². The Morgan fingerprint density at radius 1 is 1.33 bits per heavy atom. The van der Waals surface area contributed by atoms with Gasteiger partial charge >= 0.3 is 11.8 Å². The van der Waals surface area contributed by atoms with Crippen molar-refractivity contribution in [1.29, 1.82) is 0 Å². The number of hydrogen-bond acceptors (Lipinski definition) is 6. The second-order valence-corrected chi connectivity index (χ2v) is 2.57. The molecule has 0 aromatic rings. The van der Waals surface area contributed by atoms with Crippen molar-refractivity contribution >= 4 is 0 Å². The van der Waals surface area contributed by atoms with E-state index in [1.807, 2.05) is 0 Å². The Bertz CT molecular complexity index is 181. The number of aliphatic hydroxyl groups excluding tert-OH is 2. The SMILES string of the molecule is OC[C@H]1OC(O)(O)[C@@](O)(F)[C@@H]1O.